The van der Waals surface area contributed by atoms with Gasteiger partial charge in [0.15, 0.2) is 17.3 Å². The Kier molecular flexibility index (Phi) is 5.69. The van der Waals surface area contributed by atoms with Crippen molar-refractivity contribution in [3.63, 3.8) is 0 Å². The van der Waals surface area contributed by atoms with E-state index in [1.165, 1.54) is 53.2 Å². The van der Waals surface area contributed by atoms with Crippen LogP contribution in [0.4, 0.5) is 31.8 Å². The number of nitrogen functional groups attached to an aromatic ring is 2. The molecule has 2 aromatic carbocycles. The monoisotopic (exact) mass is 486 g/mol. The van der Waals surface area contributed by atoms with Gasteiger partial charge in [0, 0.05) is 41.6 Å². The molecule has 3 heterocycles. The fourth-order valence-corrected chi connectivity index (χ4v) is 3.87. The Morgan fingerprint density at radius 1 is 0.917 bits per heavy atom. The second-order valence-electron chi connectivity index (χ2n) is 8.01. The van der Waals surface area contributed by atoms with Crippen LogP contribution in [0.1, 0.15) is 5.69 Å². The normalized spacial score (nSPS) is 11.0. The van der Waals surface area contributed by atoms with Crippen LogP contribution in [0.15, 0.2) is 77.9 Å². The molecular formula is C26H20F2N6O2. The summed E-state index contributed by atoms with van der Waals surface area (Å²) < 4.78 is 35.3. The fraction of sp³-hybridized carbons (Fsp3) is 0.0385. The molecule has 0 bridgehead atoms. The first kappa shape index (κ1) is 22.8. The average molecular weight is 486 g/mol. The van der Waals surface area contributed by atoms with Crippen molar-refractivity contribution < 1.29 is 13.5 Å². The molecule has 0 saturated carbocycles. The van der Waals surface area contributed by atoms with Gasteiger partial charge in [0.2, 0.25) is 0 Å². The molecule has 3 aromatic heterocycles. The van der Waals surface area contributed by atoms with Crippen molar-refractivity contribution in [1.29, 1.82) is 0 Å². The van der Waals surface area contributed by atoms with Crippen LogP contribution in [0.2, 0.25) is 0 Å². The van der Waals surface area contributed by atoms with Crippen molar-refractivity contribution >= 4 is 33.8 Å². The number of fused-ring (bicyclic) bond motifs is 1. The number of pyridine rings is 3. The summed E-state index contributed by atoms with van der Waals surface area (Å²) in [5.74, 6) is -0.650. The van der Waals surface area contributed by atoms with E-state index in [2.05, 4.69) is 15.3 Å². The van der Waals surface area contributed by atoms with E-state index in [9.17, 15) is 13.6 Å². The quantitative estimate of drug-likeness (QED) is 0.317. The number of benzene rings is 2. The van der Waals surface area contributed by atoms with Crippen molar-refractivity contribution in [2.75, 3.05) is 16.8 Å². The molecule has 5 aromatic rings. The number of rotatable bonds is 5. The summed E-state index contributed by atoms with van der Waals surface area (Å²) in [4.78, 5) is 21.7. The van der Waals surface area contributed by atoms with Crippen LogP contribution in [0.25, 0.3) is 16.5 Å². The molecule has 0 aliphatic heterocycles. The summed E-state index contributed by atoms with van der Waals surface area (Å²) in [7, 11) is 0. The third-order valence-corrected chi connectivity index (χ3v) is 5.60. The lowest BCUT2D eigenvalue weighted by Crippen LogP contribution is -2.21. The van der Waals surface area contributed by atoms with E-state index in [1.807, 2.05) is 6.07 Å². The Bertz CT molecular complexity index is 1670. The first-order valence-electron chi connectivity index (χ1n) is 10.8. The average Bonchev–Trinajstić information content (AvgIpc) is 2.84. The molecule has 0 radical (unpaired) electrons. The summed E-state index contributed by atoms with van der Waals surface area (Å²) in [6.07, 6.45) is 2.96. The number of aryl methyl sites for hydroxylation is 1. The van der Waals surface area contributed by atoms with E-state index >= 15 is 0 Å². The maximum Gasteiger partial charge on any atom is 0.266 e. The first-order valence-corrected chi connectivity index (χ1v) is 10.8. The minimum Gasteiger partial charge on any atom is -0.452 e. The van der Waals surface area contributed by atoms with Crippen molar-refractivity contribution in [2.24, 2.45) is 0 Å². The van der Waals surface area contributed by atoms with Crippen LogP contribution in [0.3, 0.4) is 0 Å². The SMILES string of the molecule is Cc1cc2ccnc(Nc3ccc(Oc4ccnc(N)c4N)c(F)c3)c2c(=O)n1-c1ccc(F)cc1. The molecule has 36 heavy (non-hydrogen) atoms. The predicted octanol–water partition coefficient (Wildman–Crippen LogP) is 5.07. The summed E-state index contributed by atoms with van der Waals surface area (Å²) in [5.41, 5.74) is 12.8. The maximum atomic E-state index is 14.9. The molecule has 0 saturated heterocycles. The zero-order chi connectivity index (χ0) is 25.4. The molecule has 8 nitrogen and oxygen atoms in total. The number of halogens is 2. The highest BCUT2D eigenvalue weighted by atomic mass is 19.1. The highest BCUT2D eigenvalue weighted by Crippen LogP contribution is 2.33. The van der Waals surface area contributed by atoms with E-state index in [4.69, 9.17) is 16.2 Å². The van der Waals surface area contributed by atoms with Gasteiger partial charge in [0.1, 0.15) is 23.1 Å². The van der Waals surface area contributed by atoms with Crippen LogP contribution in [0.5, 0.6) is 11.5 Å². The Balaban J connectivity index is 1.52. The van der Waals surface area contributed by atoms with Crippen molar-refractivity contribution in [3.8, 4) is 17.2 Å². The number of aromatic nitrogens is 3. The number of hydrogen-bond donors (Lipinski definition) is 3. The number of nitrogens with zero attached hydrogens (tertiary/aromatic N) is 3. The van der Waals surface area contributed by atoms with E-state index in [-0.39, 0.29) is 34.4 Å². The molecule has 0 amide bonds. The number of hydrogen-bond acceptors (Lipinski definition) is 7. The van der Waals surface area contributed by atoms with Gasteiger partial charge in [0.25, 0.3) is 5.56 Å². The van der Waals surface area contributed by atoms with Crippen LogP contribution in [0, 0.1) is 18.6 Å². The van der Waals surface area contributed by atoms with Crippen molar-refractivity contribution in [2.45, 2.75) is 6.92 Å². The van der Waals surface area contributed by atoms with Crippen molar-refractivity contribution in [3.05, 3.63) is 101 Å². The van der Waals surface area contributed by atoms with Gasteiger partial charge in [0.05, 0.1) is 5.39 Å². The van der Waals surface area contributed by atoms with Gasteiger partial charge in [-0.15, -0.1) is 0 Å². The zero-order valence-electron chi connectivity index (χ0n) is 19.0. The Hall–Kier alpha value is -4.99. The molecule has 5 rings (SSSR count). The third-order valence-electron chi connectivity index (χ3n) is 5.60. The number of nitrogens with one attached hydrogen (secondary N) is 1. The van der Waals surface area contributed by atoms with Crippen LogP contribution in [-0.2, 0) is 0 Å². The second kappa shape index (κ2) is 8.99. The minimum atomic E-state index is -0.672. The lowest BCUT2D eigenvalue weighted by molar-refractivity contribution is 0.444. The molecular weight excluding hydrogens is 466 g/mol. The summed E-state index contributed by atoms with van der Waals surface area (Å²) in [6.45, 7) is 1.79. The van der Waals surface area contributed by atoms with Gasteiger partial charge in [-0.05, 0) is 60.8 Å². The van der Waals surface area contributed by atoms with Gasteiger partial charge in [-0.1, -0.05) is 0 Å². The smallest absolute Gasteiger partial charge is 0.266 e. The topological polar surface area (TPSA) is 121 Å². The molecule has 0 unspecified atom stereocenters. The first-order chi connectivity index (χ1) is 17.3. The van der Waals surface area contributed by atoms with Crippen molar-refractivity contribution in [1.82, 2.24) is 14.5 Å². The molecule has 0 fully saturated rings. The summed E-state index contributed by atoms with van der Waals surface area (Å²) in [6, 6.07) is 14.8. The Morgan fingerprint density at radius 3 is 2.42 bits per heavy atom. The van der Waals surface area contributed by atoms with Crippen LogP contribution in [-0.4, -0.2) is 14.5 Å². The second-order valence-corrected chi connectivity index (χ2v) is 8.01. The molecule has 0 atom stereocenters. The lowest BCUT2D eigenvalue weighted by atomic mass is 10.1. The van der Waals surface area contributed by atoms with Gasteiger partial charge in [-0.3, -0.25) is 9.36 Å². The number of ether oxygens (including phenoxy) is 1. The predicted molar refractivity (Wildman–Crippen MR) is 135 cm³/mol. The fourth-order valence-electron chi connectivity index (χ4n) is 3.87. The maximum absolute atomic E-state index is 14.9. The lowest BCUT2D eigenvalue weighted by Gasteiger charge is -2.15. The number of nitrogens with two attached hydrogens (primary N) is 2. The molecule has 0 spiro atoms. The molecule has 180 valence electrons. The van der Waals surface area contributed by atoms with Gasteiger partial charge in [-0.2, -0.15) is 0 Å². The summed E-state index contributed by atoms with van der Waals surface area (Å²) >= 11 is 0. The largest absolute Gasteiger partial charge is 0.452 e. The minimum absolute atomic E-state index is 0.0713. The zero-order valence-corrected chi connectivity index (χ0v) is 19.0. The van der Waals surface area contributed by atoms with E-state index in [1.54, 1.807) is 25.3 Å². The molecule has 5 N–H and O–H groups in total. The van der Waals surface area contributed by atoms with Gasteiger partial charge in [-0.25, -0.2) is 18.7 Å². The van der Waals surface area contributed by atoms with E-state index in [0.29, 0.717) is 27.8 Å². The van der Waals surface area contributed by atoms with Gasteiger partial charge >= 0.3 is 0 Å². The third kappa shape index (κ3) is 4.16. The van der Waals surface area contributed by atoms with E-state index < -0.39 is 11.6 Å². The highest BCUT2D eigenvalue weighted by Gasteiger charge is 2.15. The molecule has 0 aliphatic rings. The summed E-state index contributed by atoms with van der Waals surface area (Å²) in [5, 5.41) is 3.96. The highest BCUT2D eigenvalue weighted by molar-refractivity contribution is 5.93. The van der Waals surface area contributed by atoms with Crippen LogP contribution < -0.4 is 27.1 Å². The Labute approximate surface area is 203 Å². The van der Waals surface area contributed by atoms with Crippen LogP contribution >= 0.6 is 0 Å². The Morgan fingerprint density at radius 2 is 1.67 bits per heavy atom. The molecule has 10 heteroatoms. The number of anilines is 4. The van der Waals surface area contributed by atoms with Gasteiger partial charge < -0.3 is 21.5 Å². The van der Waals surface area contributed by atoms with E-state index in [0.717, 1.165) is 0 Å². The molecule has 0 aliphatic carbocycles. The standard InChI is InChI=1S/C26H20F2N6O2/c1-14-12-15-8-10-32-25(22(15)26(35)34(14)18-5-2-16(27)3-6-18)33-17-4-7-20(19(28)13-17)36-21-9-11-31-24(30)23(21)29/h2-13H,29H2,1H3,(H2,30,31)(H,32,33).